The third kappa shape index (κ3) is 5.66. The summed E-state index contributed by atoms with van der Waals surface area (Å²) in [4.78, 5) is 28.0. The number of esters is 1. The molecule has 5 rings (SSSR count). The molecule has 9 nitrogen and oxygen atoms in total. The van der Waals surface area contributed by atoms with Crippen LogP contribution in [0.2, 0.25) is 0 Å². The zero-order valence-corrected chi connectivity index (χ0v) is 23.6. The van der Waals surface area contributed by atoms with Gasteiger partial charge in [-0.05, 0) is 67.8 Å². The number of nitrogens with one attached hydrogen (secondary N) is 1. The van der Waals surface area contributed by atoms with Gasteiger partial charge in [-0.15, -0.1) is 5.10 Å². The Balaban J connectivity index is 1.65. The first-order chi connectivity index (χ1) is 20.5. The van der Waals surface area contributed by atoms with Crippen LogP contribution in [0.4, 0.5) is 24.8 Å². The van der Waals surface area contributed by atoms with Crippen molar-refractivity contribution in [2.75, 3.05) is 12.0 Å². The fourth-order valence-corrected chi connectivity index (χ4v) is 5.48. The van der Waals surface area contributed by atoms with Crippen LogP contribution in [-0.4, -0.2) is 27.8 Å². The van der Waals surface area contributed by atoms with Crippen LogP contribution in [0.5, 0.6) is 0 Å². The first-order valence-corrected chi connectivity index (χ1v) is 13.5. The number of ether oxygens (including phenoxy) is 1. The van der Waals surface area contributed by atoms with Gasteiger partial charge in [0.25, 0.3) is 0 Å². The number of halogens is 3. The number of rotatable bonds is 7. The molecule has 0 saturated carbocycles. The Morgan fingerprint density at radius 3 is 2.65 bits per heavy atom. The van der Waals surface area contributed by atoms with Crippen LogP contribution in [-0.2, 0) is 28.7 Å². The van der Waals surface area contributed by atoms with Gasteiger partial charge in [0.1, 0.15) is 12.6 Å². The maximum Gasteiger partial charge on any atom is 0.416 e. The second-order valence-corrected chi connectivity index (χ2v) is 10.2. The van der Waals surface area contributed by atoms with Crippen LogP contribution in [0.25, 0.3) is 0 Å². The standard InChI is InChI=1S/C31H27F3N6O3/c1-19-7-5-13-38(18-19)14-6-8-22-15-21(17-35)11-12-25(22)27-26(28(41)43-3)20(2)39(29-36-37-30(42)40(27)29)24-10-4-9-23(16-24)31(32,33)34/h4-5,7,9-13,15-16,18,27H,6,8,14H2,1-3H3/p+1. The molecule has 1 unspecified atom stereocenters. The maximum absolute atomic E-state index is 13.6. The lowest BCUT2D eigenvalue weighted by atomic mass is 9.88. The molecule has 43 heavy (non-hydrogen) atoms. The minimum absolute atomic E-state index is 0.00473. The number of nitriles is 1. The van der Waals surface area contributed by atoms with E-state index < -0.39 is 29.4 Å². The monoisotopic (exact) mass is 589 g/mol. The number of aromatic amines is 1. The van der Waals surface area contributed by atoms with Gasteiger partial charge in [0.2, 0.25) is 5.95 Å². The number of fused-ring (bicyclic) bond motifs is 1. The number of allylic oxidation sites excluding steroid dienone is 1. The number of anilines is 2. The summed E-state index contributed by atoms with van der Waals surface area (Å²) in [6.45, 7) is 4.25. The van der Waals surface area contributed by atoms with Crippen molar-refractivity contribution < 1.29 is 27.3 Å². The normalized spacial score (nSPS) is 14.8. The zero-order valence-electron chi connectivity index (χ0n) is 23.6. The van der Waals surface area contributed by atoms with Gasteiger partial charge >= 0.3 is 17.8 Å². The highest BCUT2D eigenvalue weighted by atomic mass is 19.4. The summed E-state index contributed by atoms with van der Waals surface area (Å²) in [5.41, 5.74) is 1.60. The molecule has 0 saturated heterocycles. The average Bonchev–Trinajstić information content (AvgIpc) is 3.36. The topological polar surface area (TPSA) is 108 Å². The molecule has 220 valence electrons. The number of alkyl halides is 3. The molecule has 0 bridgehead atoms. The Labute approximate surface area is 245 Å². The second-order valence-electron chi connectivity index (χ2n) is 10.2. The predicted octanol–water partition coefficient (Wildman–Crippen LogP) is 4.88. The number of carbonyl (C=O) groups excluding carboxylic acids is 1. The van der Waals surface area contributed by atoms with Crippen LogP contribution in [0, 0.1) is 18.3 Å². The summed E-state index contributed by atoms with van der Waals surface area (Å²) in [5, 5.41) is 16.2. The molecule has 4 aromatic rings. The van der Waals surface area contributed by atoms with Crippen molar-refractivity contribution >= 4 is 17.6 Å². The van der Waals surface area contributed by atoms with Crippen LogP contribution < -0.4 is 15.2 Å². The van der Waals surface area contributed by atoms with Crippen molar-refractivity contribution in [2.24, 2.45) is 0 Å². The molecule has 0 amide bonds. The number of nitrogens with zero attached hydrogens (tertiary/aromatic N) is 5. The summed E-state index contributed by atoms with van der Waals surface area (Å²) >= 11 is 0. The quantitative estimate of drug-likeness (QED) is 0.243. The summed E-state index contributed by atoms with van der Waals surface area (Å²) in [5.74, 6) is -0.756. The molecule has 1 N–H and O–H groups in total. The lowest BCUT2D eigenvalue weighted by Gasteiger charge is -2.36. The van der Waals surface area contributed by atoms with Gasteiger partial charge in [-0.1, -0.05) is 12.1 Å². The highest BCUT2D eigenvalue weighted by Crippen LogP contribution is 2.43. The Kier molecular flexibility index (Phi) is 7.91. The van der Waals surface area contributed by atoms with E-state index >= 15 is 0 Å². The lowest BCUT2D eigenvalue weighted by molar-refractivity contribution is -0.697. The first-order valence-electron chi connectivity index (χ1n) is 13.5. The minimum atomic E-state index is -4.61. The number of hydrogen-bond acceptors (Lipinski definition) is 6. The van der Waals surface area contributed by atoms with Gasteiger partial charge in [0, 0.05) is 29.4 Å². The van der Waals surface area contributed by atoms with Crippen molar-refractivity contribution in [1.29, 1.82) is 5.26 Å². The maximum atomic E-state index is 13.6. The molecule has 12 heteroatoms. The molecule has 0 spiro atoms. The average molecular weight is 590 g/mol. The summed E-state index contributed by atoms with van der Waals surface area (Å²) < 4.78 is 49.2. The Bertz CT molecular complexity index is 1830. The number of aromatic nitrogens is 4. The highest BCUT2D eigenvalue weighted by molar-refractivity contribution is 5.93. The Morgan fingerprint density at radius 1 is 1.16 bits per heavy atom. The molecule has 0 aliphatic carbocycles. The molecule has 1 atom stereocenters. The van der Waals surface area contributed by atoms with Crippen molar-refractivity contribution in [2.45, 2.75) is 45.5 Å². The third-order valence-electron chi connectivity index (χ3n) is 7.41. The highest BCUT2D eigenvalue weighted by Gasteiger charge is 2.41. The smallest absolute Gasteiger partial charge is 0.416 e. The largest absolute Gasteiger partial charge is 0.466 e. The van der Waals surface area contributed by atoms with E-state index in [4.69, 9.17) is 4.74 Å². The van der Waals surface area contributed by atoms with Crippen molar-refractivity contribution in [3.8, 4) is 6.07 Å². The van der Waals surface area contributed by atoms with Crippen molar-refractivity contribution in [3.05, 3.63) is 117 Å². The summed E-state index contributed by atoms with van der Waals surface area (Å²) in [7, 11) is 1.20. The molecule has 0 fully saturated rings. The van der Waals surface area contributed by atoms with E-state index in [1.54, 1.807) is 25.1 Å². The van der Waals surface area contributed by atoms with E-state index in [9.17, 15) is 28.0 Å². The number of pyridine rings is 1. The molecule has 2 aromatic heterocycles. The molecular weight excluding hydrogens is 561 g/mol. The fourth-order valence-electron chi connectivity index (χ4n) is 5.48. The van der Waals surface area contributed by atoms with Crippen LogP contribution in [0.15, 0.2) is 83.1 Å². The molecule has 2 aromatic carbocycles. The Hall–Kier alpha value is -5.18. The number of H-pyrrole nitrogens is 1. The SMILES string of the molecule is COC(=O)C1=C(C)N(c2cccc(C(F)(F)F)c2)c2n[nH]c(=O)n2C1c1ccc(C#N)cc1CCC[n+]1cccc(C)c1. The zero-order chi connectivity index (χ0) is 30.9. The van der Waals surface area contributed by atoms with E-state index in [0.717, 1.165) is 23.3 Å². The molecule has 1 aliphatic heterocycles. The fraction of sp³-hybridized carbons (Fsp3) is 0.258. The summed E-state index contributed by atoms with van der Waals surface area (Å²) in [6.07, 6.45) is 0.560. The number of hydrogen-bond donors (Lipinski definition) is 1. The van der Waals surface area contributed by atoms with Crippen LogP contribution in [0.3, 0.4) is 0 Å². The van der Waals surface area contributed by atoms with Crippen LogP contribution >= 0.6 is 0 Å². The van der Waals surface area contributed by atoms with E-state index in [2.05, 4.69) is 20.8 Å². The first kappa shape index (κ1) is 29.3. The number of carbonyl (C=O) groups is 1. The van der Waals surface area contributed by atoms with Gasteiger partial charge in [0.15, 0.2) is 12.4 Å². The van der Waals surface area contributed by atoms with Gasteiger partial charge in [0.05, 0.1) is 29.9 Å². The molecular formula is C31H28F3N6O3+. The molecule has 0 radical (unpaired) electrons. The predicted molar refractivity (Wildman–Crippen MR) is 150 cm³/mol. The lowest BCUT2D eigenvalue weighted by Crippen LogP contribution is -2.38. The number of benzene rings is 2. The van der Waals surface area contributed by atoms with Crippen molar-refractivity contribution in [3.63, 3.8) is 0 Å². The van der Waals surface area contributed by atoms with Gasteiger partial charge in [-0.2, -0.15) is 18.4 Å². The van der Waals surface area contributed by atoms with Gasteiger partial charge in [-0.25, -0.2) is 23.8 Å². The molecule has 3 heterocycles. The molecule has 1 aliphatic rings. The van der Waals surface area contributed by atoms with E-state index in [0.29, 0.717) is 30.5 Å². The second kappa shape index (κ2) is 11.6. The number of aryl methyl sites for hydroxylation is 3. The number of methoxy groups -OCH3 is 1. The van der Waals surface area contributed by atoms with Crippen molar-refractivity contribution in [1.82, 2.24) is 14.8 Å². The minimum Gasteiger partial charge on any atom is -0.466 e. The van der Waals surface area contributed by atoms with Gasteiger partial charge < -0.3 is 4.74 Å². The van der Waals surface area contributed by atoms with Crippen LogP contribution in [0.1, 0.15) is 47.2 Å². The Morgan fingerprint density at radius 2 is 1.95 bits per heavy atom. The van der Waals surface area contributed by atoms with Gasteiger partial charge in [-0.3, -0.25) is 4.90 Å². The van der Waals surface area contributed by atoms with E-state index in [-0.39, 0.29) is 22.9 Å². The van der Waals surface area contributed by atoms with E-state index in [1.807, 2.05) is 31.5 Å². The summed E-state index contributed by atoms with van der Waals surface area (Å²) in [6, 6.07) is 14.6. The van der Waals surface area contributed by atoms with E-state index in [1.165, 1.54) is 28.7 Å². The third-order valence-corrected chi connectivity index (χ3v) is 7.41.